The Morgan fingerprint density at radius 2 is 1.43 bits per heavy atom. The predicted molar refractivity (Wildman–Crippen MR) is 82.8 cm³/mol. The number of nitrogens with one attached hydrogen (secondary N) is 1. The van der Waals surface area contributed by atoms with Gasteiger partial charge in [-0.3, -0.25) is 4.72 Å². The Bertz CT molecular complexity index is 764. The van der Waals surface area contributed by atoms with Crippen molar-refractivity contribution in [1.82, 2.24) is 0 Å². The molecule has 0 unspecified atom stereocenters. The number of rotatable bonds is 4. The Morgan fingerprint density at radius 1 is 0.913 bits per heavy atom. The van der Waals surface area contributed by atoms with E-state index in [-0.39, 0.29) is 4.90 Å². The van der Waals surface area contributed by atoms with E-state index in [9.17, 15) is 21.6 Å². The second kappa shape index (κ2) is 6.23. The van der Waals surface area contributed by atoms with E-state index < -0.39 is 21.8 Å². The van der Waals surface area contributed by atoms with Crippen LogP contribution in [0.4, 0.5) is 18.9 Å². The summed E-state index contributed by atoms with van der Waals surface area (Å²) in [6.45, 7) is 4.03. The van der Waals surface area contributed by atoms with Crippen LogP contribution in [0.1, 0.15) is 30.9 Å². The molecule has 3 nitrogen and oxygen atoms in total. The topological polar surface area (TPSA) is 46.2 Å². The van der Waals surface area contributed by atoms with Gasteiger partial charge in [0.2, 0.25) is 0 Å². The molecule has 0 amide bonds. The maximum absolute atomic E-state index is 12.5. The van der Waals surface area contributed by atoms with Gasteiger partial charge in [-0.1, -0.05) is 26.0 Å². The zero-order valence-corrected chi connectivity index (χ0v) is 13.4. The third-order valence-electron chi connectivity index (χ3n) is 3.32. The zero-order valence-electron chi connectivity index (χ0n) is 12.6. The van der Waals surface area contributed by atoms with Gasteiger partial charge in [0.05, 0.1) is 10.5 Å². The fraction of sp³-hybridized carbons (Fsp3) is 0.250. The van der Waals surface area contributed by atoms with Crippen LogP contribution >= 0.6 is 0 Å². The highest BCUT2D eigenvalue weighted by atomic mass is 32.2. The first kappa shape index (κ1) is 17.3. The number of anilines is 1. The fourth-order valence-electron chi connectivity index (χ4n) is 1.97. The predicted octanol–water partition coefficient (Wildman–Crippen LogP) is 4.63. The molecule has 1 N–H and O–H groups in total. The molecule has 0 aromatic heterocycles. The monoisotopic (exact) mass is 343 g/mol. The molecule has 7 heteroatoms. The normalized spacial score (nSPS) is 12.4. The first-order valence-electron chi connectivity index (χ1n) is 6.89. The van der Waals surface area contributed by atoms with Crippen LogP contribution in [0.25, 0.3) is 0 Å². The summed E-state index contributed by atoms with van der Waals surface area (Å²) in [7, 11) is -3.93. The van der Waals surface area contributed by atoms with Crippen LogP contribution in [0.3, 0.4) is 0 Å². The summed E-state index contributed by atoms with van der Waals surface area (Å²) in [5.74, 6) is 0.315. The van der Waals surface area contributed by atoms with E-state index in [2.05, 4.69) is 4.72 Å². The van der Waals surface area contributed by atoms with Gasteiger partial charge in [0.25, 0.3) is 10.0 Å². The van der Waals surface area contributed by atoms with E-state index >= 15 is 0 Å². The summed E-state index contributed by atoms with van der Waals surface area (Å²) >= 11 is 0. The van der Waals surface area contributed by atoms with Crippen LogP contribution in [-0.4, -0.2) is 8.42 Å². The van der Waals surface area contributed by atoms with Gasteiger partial charge in [-0.05, 0) is 47.9 Å². The van der Waals surface area contributed by atoms with Crippen molar-refractivity contribution in [1.29, 1.82) is 0 Å². The summed E-state index contributed by atoms with van der Waals surface area (Å²) in [6.07, 6.45) is -4.50. The standard InChI is InChI=1S/C16H16F3NO2S/c1-11(2)12-3-7-14(8-4-12)20-23(21,22)15-9-5-13(6-10-15)16(17,18)19/h3-11,20H,1-2H3. The van der Waals surface area contributed by atoms with Crippen LogP contribution in [0.15, 0.2) is 53.4 Å². The number of alkyl halides is 3. The Balaban J connectivity index is 2.21. The molecule has 0 bridgehead atoms. The summed E-state index contributed by atoms with van der Waals surface area (Å²) < 4.78 is 64.2. The van der Waals surface area contributed by atoms with Crippen molar-refractivity contribution in [2.24, 2.45) is 0 Å². The smallest absolute Gasteiger partial charge is 0.280 e. The van der Waals surface area contributed by atoms with E-state index in [4.69, 9.17) is 0 Å². The first-order chi connectivity index (χ1) is 10.6. The summed E-state index contributed by atoms with van der Waals surface area (Å²) in [6, 6.07) is 10.2. The summed E-state index contributed by atoms with van der Waals surface area (Å²) in [4.78, 5) is -0.224. The SMILES string of the molecule is CC(C)c1ccc(NS(=O)(=O)c2ccc(C(F)(F)F)cc2)cc1. The van der Waals surface area contributed by atoms with E-state index in [1.54, 1.807) is 24.3 Å². The van der Waals surface area contributed by atoms with Gasteiger partial charge in [0.15, 0.2) is 0 Å². The molecule has 0 aliphatic carbocycles. The molecule has 0 aliphatic rings. The van der Waals surface area contributed by atoms with E-state index in [0.29, 0.717) is 11.6 Å². The molecule has 2 aromatic carbocycles. The van der Waals surface area contributed by atoms with E-state index in [1.807, 2.05) is 13.8 Å². The lowest BCUT2D eigenvalue weighted by Crippen LogP contribution is -2.13. The van der Waals surface area contributed by atoms with Gasteiger partial charge >= 0.3 is 6.18 Å². The van der Waals surface area contributed by atoms with Crippen LogP contribution in [0.2, 0.25) is 0 Å². The van der Waals surface area contributed by atoms with Gasteiger partial charge in [0, 0.05) is 5.69 Å². The number of hydrogen-bond acceptors (Lipinski definition) is 2. The lowest BCUT2D eigenvalue weighted by Gasteiger charge is -2.11. The number of halogens is 3. The third kappa shape index (κ3) is 4.25. The highest BCUT2D eigenvalue weighted by molar-refractivity contribution is 7.92. The van der Waals surface area contributed by atoms with Crippen LogP contribution in [0, 0.1) is 0 Å². The molecule has 2 aromatic rings. The minimum atomic E-state index is -4.50. The van der Waals surface area contributed by atoms with Gasteiger partial charge in [-0.25, -0.2) is 8.42 Å². The molecule has 0 fully saturated rings. The lowest BCUT2D eigenvalue weighted by molar-refractivity contribution is -0.137. The minimum absolute atomic E-state index is 0.224. The van der Waals surface area contributed by atoms with Crippen molar-refractivity contribution in [2.75, 3.05) is 4.72 Å². The van der Waals surface area contributed by atoms with Crippen molar-refractivity contribution >= 4 is 15.7 Å². The molecule has 124 valence electrons. The second-order valence-electron chi connectivity index (χ2n) is 5.40. The minimum Gasteiger partial charge on any atom is -0.280 e. The molecule has 0 aliphatic heterocycles. The first-order valence-corrected chi connectivity index (χ1v) is 8.38. The largest absolute Gasteiger partial charge is 0.416 e. The molecular formula is C16H16F3NO2S. The van der Waals surface area contributed by atoms with Crippen molar-refractivity contribution in [3.8, 4) is 0 Å². The second-order valence-corrected chi connectivity index (χ2v) is 7.09. The van der Waals surface area contributed by atoms with Crippen molar-refractivity contribution in [3.63, 3.8) is 0 Å². The molecule has 0 heterocycles. The highest BCUT2D eigenvalue weighted by Gasteiger charge is 2.30. The Labute approximate surface area is 133 Å². The Hall–Kier alpha value is -2.02. The molecule has 2 rings (SSSR count). The molecule has 0 radical (unpaired) electrons. The van der Waals surface area contributed by atoms with Crippen molar-refractivity contribution in [3.05, 3.63) is 59.7 Å². The summed E-state index contributed by atoms with van der Waals surface area (Å²) in [5, 5.41) is 0. The maximum atomic E-state index is 12.5. The highest BCUT2D eigenvalue weighted by Crippen LogP contribution is 2.30. The maximum Gasteiger partial charge on any atom is 0.416 e. The van der Waals surface area contributed by atoms with Crippen LogP contribution in [0.5, 0.6) is 0 Å². The van der Waals surface area contributed by atoms with Gasteiger partial charge < -0.3 is 0 Å². The Morgan fingerprint density at radius 3 is 1.87 bits per heavy atom. The average molecular weight is 343 g/mol. The zero-order chi connectivity index (χ0) is 17.3. The Kier molecular flexibility index (Phi) is 4.70. The number of hydrogen-bond donors (Lipinski definition) is 1. The number of sulfonamides is 1. The average Bonchev–Trinajstić information content (AvgIpc) is 2.46. The number of benzene rings is 2. The van der Waals surface area contributed by atoms with Crippen LogP contribution < -0.4 is 4.72 Å². The third-order valence-corrected chi connectivity index (χ3v) is 4.72. The molecule has 0 saturated carbocycles. The fourth-order valence-corrected chi connectivity index (χ4v) is 3.03. The molecule has 0 atom stereocenters. The van der Waals surface area contributed by atoms with Gasteiger partial charge in [-0.15, -0.1) is 0 Å². The van der Waals surface area contributed by atoms with E-state index in [0.717, 1.165) is 29.8 Å². The van der Waals surface area contributed by atoms with Gasteiger partial charge in [0.1, 0.15) is 0 Å². The molecule has 0 saturated heterocycles. The van der Waals surface area contributed by atoms with Crippen molar-refractivity contribution in [2.45, 2.75) is 30.8 Å². The van der Waals surface area contributed by atoms with Crippen molar-refractivity contribution < 1.29 is 21.6 Å². The molecule has 0 spiro atoms. The van der Waals surface area contributed by atoms with Gasteiger partial charge in [-0.2, -0.15) is 13.2 Å². The van der Waals surface area contributed by atoms with Crippen LogP contribution in [-0.2, 0) is 16.2 Å². The quantitative estimate of drug-likeness (QED) is 0.880. The lowest BCUT2D eigenvalue weighted by atomic mass is 10.0. The molecule has 23 heavy (non-hydrogen) atoms. The summed E-state index contributed by atoms with van der Waals surface area (Å²) in [5.41, 5.74) is 0.523. The van der Waals surface area contributed by atoms with E-state index in [1.165, 1.54) is 0 Å². The molecular weight excluding hydrogens is 327 g/mol.